The molecule has 3 fully saturated rings. The highest BCUT2D eigenvalue weighted by atomic mass is 32.2. The Hall–Kier alpha value is -3.06. The maximum Gasteiger partial charge on any atom is 0.414 e. The second kappa shape index (κ2) is 10.7. The molecule has 12 nitrogen and oxygen atoms in total. The zero-order valence-corrected chi connectivity index (χ0v) is 22.0. The lowest BCUT2D eigenvalue weighted by molar-refractivity contribution is 0.177. The Morgan fingerprint density at radius 3 is 1.43 bits per heavy atom. The van der Waals surface area contributed by atoms with Crippen LogP contribution in [0.1, 0.15) is 59.3 Å². The highest BCUT2D eigenvalue weighted by molar-refractivity contribution is 7.86. The van der Waals surface area contributed by atoms with Crippen LogP contribution < -0.4 is 14.7 Å². The summed E-state index contributed by atoms with van der Waals surface area (Å²) in [4.78, 5) is 41.7. The van der Waals surface area contributed by atoms with Crippen LogP contribution >= 0.6 is 0 Å². The monoisotopic (exact) mass is 539 g/mol. The van der Waals surface area contributed by atoms with Crippen LogP contribution in [0.25, 0.3) is 0 Å². The van der Waals surface area contributed by atoms with E-state index < -0.39 is 45.4 Å². The van der Waals surface area contributed by atoms with Crippen molar-refractivity contribution in [3.63, 3.8) is 0 Å². The third-order valence-corrected chi connectivity index (χ3v) is 7.77. The SMILES string of the molecule is CCC[C@H]1COC(=O)N1c1cc(N2C(=O)OC[C@@H]2CCC)c(S(=O)(=O)O)c(N2C(=O)OC[C@@H]2CCC)c1. The largest absolute Gasteiger partial charge is 0.447 e. The van der Waals surface area contributed by atoms with Gasteiger partial charge in [-0.05, 0) is 31.4 Å². The van der Waals surface area contributed by atoms with Gasteiger partial charge in [0.25, 0.3) is 10.1 Å². The van der Waals surface area contributed by atoms with Crippen molar-refractivity contribution in [3.8, 4) is 0 Å². The Morgan fingerprint density at radius 1 is 0.730 bits per heavy atom. The Balaban J connectivity index is 2.01. The molecule has 4 rings (SSSR count). The van der Waals surface area contributed by atoms with E-state index in [1.54, 1.807) is 0 Å². The van der Waals surface area contributed by atoms with Crippen molar-refractivity contribution < 1.29 is 41.6 Å². The molecular weight excluding hydrogens is 506 g/mol. The maximum absolute atomic E-state index is 12.9. The van der Waals surface area contributed by atoms with Crippen LogP contribution in [-0.2, 0) is 24.3 Å². The molecule has 3 amide bonds. The van der Waals surface area contributed by atoms with E-state index in [4.69, 9.17) is 14.2 Å². The minimum Gasteiger partial charge on any atom is -0.447 e. The summed E-state index contributed by atoms with van der Waals surface area (Å²) >= 11 is 0. The van der Waals surface area contributed by atoms with Gasteiger partial charge in [-0.3, -0.25) is 19.3 Å². The average molecular weight is 540 g/mol. The minimum absolute atomic E-state index is 0.0333. The average Bonchev–Trinajstić information content (AvgIpc) is 3.50. The lowest BCUT2D eigenvalue weighted by Crippen LogP contribution is -2.39. The van der Waals surface area contributed by atoms with Gasteiger partial charge in [-0.1, -0.05) is 40.0 Å². The molecular formula is C24H33N3O9S. The molecule has 204 valence electrons. The summed E-state index contributed by atoms with van der Waals surface area (Å²) in [6, 6.07) is 1.40. The van der Waals surface area contributed by atoms with Gasteiger partial charge < -0.3 is 14.2 Å². The summed E-state index contributed by atoms with van der Waals surface area (Å²) in [5.74, 6) is 0. The van der Waals surface area contributed by atoms with Gasteiger partial charge in [0.1, 0.15) is 24.7 Å². The molecule has 0 unspecified atom stereocenters. The molecule has 1 N–H and O–H groups in total. The number of hydrogen-bond donors (Lipinski definition) is 1. The molecule has 0 bridgehead atoms. The molecule has 13 heteroatoms. The standard InChI is InChI=1S/C24H33N3O9S/c1-4-7-15-12-34-22(28)25(15)18-10-19(26-16(8-5-2)13-35-23(26)29)21(37(31,32)33)20(11-18)27-17(9-6-3)14-36-24(27)30/h10-11,15-17H,4-9,12-14H2,1-3H3,(H,31,32,33)/t15-,16-,17-/m0/s1. The first-order chi connectivity index (χ1) is 17.6. The number of hydrogen-bond acceptors (Lipinski definition) is 8. The first-order valence-corrected chi connectivity index (χ1v) is 14.1. The number of carbonyl (C=O) groups excluding carboxylic acids is 3. The van der Waals surface area contributed by atoms with Gasteiger partial charge in [0.05, 0.1) is 35.2 Å². The normalized spacial score (nSPS) is 24.1. The molecule has 0 spiro atoms. The summed E-state index contributed by atoms with van der Waals surface area (Å²) in [6.45, 7) is 6.00. The first kappa shape index (κ1) is 27.0. The number of carbonyl (C=O) groups is 3. The number of rotatable bonds is 10. The van der Waals surface area contributed by atoms with Gasteiger partial charge in [-0.15, -0.1) is 0 Å². The minimum atomic E-state index is -4.97. The highest BCUT2D eigenvalue weighted by Gasteiger charge is 2.44. The van der Waals surface area contributed by atoms with Gasteiger partial charge in [-0.2, -0.15) is 8.42 Å². The Kier molecular flexibility index (Phi) is 7.83. The molecule has 0 aliphatic carbocycles. The highest BCUT2D eigenvalue weighted by Crippen LogP contribution is 2.44. The number of amides is 3. The Labute approximate surface area is 216 Å². The fourth-order valence-electron chi connectivity index (χ4n) is 5.27. The summed E-state index contributed by atoms with van der Waals surface area (Å²) < 4.78 is 52.0. The molecule has 37 heavy (non-hydrogen) atoms. The molecule has 1 aromatic carbocycles. The Morgan fingerprint density at radius 2 is 1.08 bits per heavy atom. The smallest absolute Gasteiger partial charge is 0.414 e. The zero-order chi connectivity index (χ0) is 26.9. The molecule has 1 aromatic rings. The van der Waals surface area contributed by atoms with Gasteiger partial charge in [0, 0.05) is 0 Å². The third kappa shape index (κ3) is 5.06. The molecule has 3 heterocycles. The predicted octanol–water partition coefficient (Wildman–Crippen LogP) is 4.31. The molecule has 3 saturated heterocycles. The first-order valence-electron chi connectivity index (χ1n) is 12.7. The summed E-state index contributed by atoms with van der Waals surface area (Å²) in [5, 5.41) is 0. The number of cyclic esters (lactones) is 3. The van der Waals surface area contributed by atoms with Crippen LogP contribution in [0, 0.1) is 0 Å². The lowest BCUT2D eigenvalue weighted by Gasteiger charge is -2.30. The number of nitrogens with zero attached hydrogens (tertiary/aromatic N) is 3. The van der Waals surface area contributed by atoms with Crippen molar-refractivity contribution >= 4 is 45.5 Å². The van der Waals surface area contributed by atoms with Crippen LogP contribution in [0.5, 0.6) is 0 Å². The molecule has 0 aromatic heterocycles. The summed E-state index contributed by atoms with van der Waals surface area (Å²) in [7, 11) is -4.97. The van der Waals surface area contributed by atoms with Crippen molar-refractivity contribution in [3.05, 3.63) is 12.1 Å². The van der Waals surface area contributed by atoms with E-state index in [0.717, 1.165) is 6.42 Å². The Bertz CT molecular complexity index is 1120. The molecule has 3 atom stereocenters. The van der Waals surface area contributed by atoms with Gasteiger partial charge in [0.2, 0.25) is 0 Å². The van der Waals surface area contributed by atoms with E-state index in [1.165, 1.54) is 26.8 Å². The number of anilines is 3. The maximum atomic E-state index is 12.9. The van der Waals surface area contributed by atoms with Crippen molar-refractivity contribution in [2.45, 2.75) is 82.3 Å². The fraction of sp³-hybridized carbons (Fsp3) is 0.625. The third-order valence-electron chi connectivity index (χ3n) is 6.84. The lowest BCUT2D eigenvalue weighted by atomic mass is 10.1. The summed E-state index contributed by atoms with van der Waals surface area (Å²) in [5.41, 5.74) is -0.0926. The molecule has 3 aliphatic rings. The van der Waals surface area contributed by atoms with Crippen LogP contribution in [-0.4, -0.2) is 69.2 Å². The second-order valence-corrected chi connectivity index (χ2v) is 10.8. The second-order valence-electron chi connectivity index (χ2n) is 9.46. The molecule has 0 radical (unpaired) electrons. The molecule has 0 saturated carbocycles. The van der Waals surface area contributed by atoms with Crippen LogP contribution in [0.3, 0.4) is 0 Å². The van der Waals surface area contributed by atoms with Crippen LogP contribution in [0.15, 0.2) is 17.0 Å². The van der Waals surface area contributed by atoms with E-state index in [2.05, 4.69) is 0 Å². The van der Waals surface area contributed by atoms with E-state index in [-0.39, 0.29) is 42.9 Å². The zero-order valence-electron chi connectivity index (χ0n) is 21.2. The number of benzene rings is 1. The topological polar surface area (TPSA) is 143 Å². The van der Waals surface area contributed by atoms with Crippen molar-refractivity contribution in [2.75, 3.05) is 34.5 Å². The number of ether oxygens (including phenoxy) is 3. The van der Waals surface area contributed by atoms with Crippen LogP contribution in [0.2, 0.25) is 0 Å². The molecule has 3 aliphatic heterocycles. The predicted molar refractivity (Wildman–Crippen MR) is 134 cm³/mol. The van der Waals surface area contributed by atoms with E-state index in [1.807, 2.05) is 20.8 Å². The van der Waals surface area contributed by atoms with Gasteiger partial charge in [-0.25, -0.2) is 14.4 Å². The van der Waals surface area contributed by atoms with E-state index in [0.29, 0.717) is 32.1 Å². The van der Waals surface area contributed by atoms with E-state index in [9.17, 15) is 27.4 Å². The van der Waals surface area contributed by atoms with Gasteiger partial charge in [0.15, 0.2) is 0 Å². The van der Waals surface area contributed by atoms with Crippen LogP contribution in [0.4, 0.5) is 31.4 Å². The quantitative estimate of drug-likeness (QED) is 0.340. The van der Waals surface area contributed by atoms with E-state index >= 15 is 0 Å². The fourth-order valence-corrected chi connectivity index (χ4v) is 6.11. The van der Waals surface area contributed by atoms with Crippen molar-refractivity contribution in [2.24, 2.45) is 0 Å². The van der Waals surface area contributed by atoms with Crippen molar-refractivity contribution in [1.29, 1.82) is 0 Å². The summed E-state index contributed by atoms with van der Waals surface area (Å²) in [6.07, 6.45) is 1.55. The van der Waals surface area contributed by atoms with Crippen molar-refractivity contribution in [1.82, 2.24) is 0 Å². The van der Waals surface area contributed by atoms with Gasteiger partial charge >= 0.3 is 18.3 Å².